The summed E-state index contributed by atoms with van der Waals surface area (Å²) in [5.74, 6) is 0.550. The van der Waals surface area contributed by atoms with Crippen LogP contribution < -0.4 is 5.32 Å². The number of nitrogens with one attached hydrogen (secondary N) is 1. The molecular formula is C15H14BrN5O2. The number of aromatic nitrogens is 4. The summed E-state index contributed by atoms with van der Waals surface area (Å²) in [6, 6.07) is 11.0. The maximum Gasteiger partial charge on any atom is 0.293 e. The van der Waals surface area contributed by atoms with Crippen molar-refractivity contribution in [3.63, 3.8) is 0 Å². The molecule has 1 aromatic carbocycles. The van der Waals surface area contributed by atoms with Crippen LogP contribution in [0.5, 0.6) is 0 Å². The second kappa shape index (κ2) is 6.74. The molecule has 0 aliphatic carbocycles. The third kappa shape index (κ3) is 3.65. The number of amides is 1. The van der Waals surface area contributed by atoms with Gasteiger partial charge in [0.25, 0.3) is 11.9 Å². The zero-order chi connectivity index (χ0) is 16.2. The maximum absolute atomic E-state index is 12.2. The van der Waals surface area contributed by atoms with Crippen LogP contribution in [0.1, 0.15) is 23.9 Å². The molecule has 0 spiro atoms. The fraction of sp³-hybridized carbons (Fsp3) is 0.200. The summed E-state index contributed by atoms with van der Waals surface area (Å²) in [5, 5.41) is 14.2. The molecule has 7 nitrogen and oxygen atoms in total. The molecule has 0 radical (unpaired) electrons. The number of rotatable bonds is 5. The molecule has 1 N–H and O–H groups in total. The molecule has 2 heterocycles. The second-order valence-electron chi connectivity index (χ2n) is 4.83. The monoisotopic (exact) mass is 375 g/mol. The Morgan fingerprint density at radius 2 is 2.04 bits per heavy atom. The smallest absolute Gasteiger partial charge is 0.293 e. The molecule has 0 fully saturated rings. The van der Waals surface area contributed by atoms with Crippen LogP contribution >= 0.6 is 15.9 Å². The van der Waals surface area contributed by atoms with Crippen LogP contribution in [0, 0.1) is 0 Å². The fourth-order valence-corrected chi connectivity index (χ4v) is 2.24. The second-order valence-corrected chi connectivity index (χ2v) is 5.75. The van der Waals surface area contributed by atoms with Crippen molar-refractivity contribution in [1.29, 1.82) is 0 Å². The predicted molar refractivity (Wildman–Crippen MR) is 87.9 cm³/mol. The van der Waals surface area contributed by atoms with E-state index in [-0.39, 0.29) is 11.7 Å². The summed E-state index contributed by atoms with van der Waals surface area (Å²) < 4.78 is 6.57. The molecule has 2 aromatic heterocycles. The van der Waals surface area contributed by atoms with E-state index in [1.807, 2.05) is 31.2 Å². The minimum atomic E-state index is -0.413. The summed E-state index contributed by atoms with van der Waals surface area (Å²) in [5.41, 5.74) is 0.888. The van der Waals surface area contributed by atoms with Gasteiger partial charge in [0.2, 0.25) is 0 Å². The lowest BCUT2D eigenvalue weighted by atomic mass is 10.2. The van der Waals surface area contributed by atoms with Gasteiger partial charge >= 0.3 is 0 Å². The minimum Gasteiger partial charge on any atom is -0.451 e. The van der Waals surface area contributed by atoms with Gasteiger partial charge in [0.1, 0.15) is 5.76 Å². The molecule has 23 heavy (non-hydrogen) atoms. The van der Waals surface area contributed by atoms with Crippen LogP contribution in [0.3, 0.4) is 0 Å². The lowest BCUT2D eigenvalue weighted by Gasteiger charge is -1.98. The van der Waals surface area contributed by atoms with Gasteiger partial charge in [-0.2, -0.15) is 4.80 Å². The first-order valence-corrected chi connectivity index (χ1v) is 7.90. The van der Waals surface area contributed by atoms with Gasteiger partial charge in [0.05, 0.1) is 6.54 Å². The summed E-state index contributed by atoms with van der Waals surface area (Å²) >= 11 is 3.38. The highest BCUT2D eigenvalue weighted by atomic mass is 79.9. The summed E-state index contributed by atoms with van der Waals surface area (Å²) in [4.78, 5) is 13.6. The van der Waals surface area contributed by atoms with Crippen LogP contribution in [0.4, 0.5) is 5.95 Å². The van der Waals surface area contributed by atoms with Gasteiger partial charge in [-0.05, 0) is 35.9 Å². The fourth-order valence-electron chi connectivity index (χ4n) is 1.98. The number of aryl methyl sites for hydroxylation is 1. The minimum absolute atomic E-state index is 0.157. The van der Waals surface area contributed by atoms with E-state index in [0.717, 1.165) is 16.5 Å². The Kier molecular flexibility index (Phi) is 4.52. The molecule has 118 valence electrons. The Balaban J connectivity index is 1.71. The first kappa shape index (κ1) is 15.4. The van der Waals surface area contributed by atoms with Crippen molar-refractivity contribution in [3.8, 4) is 11.3 Å². The number of benzene rings is 1. The standard InChI is InChI=1S/C15H14BrN5O2/c1-2-9-21-19-15(18-20-21)17-14(22)13-8-7-12(23-13)10-3-5-11(16)6-4-10/h3-8H,2,9H2,1H3,(H,17,19,22). The highest BCUT2D eigenvalue weighted by Gasteiger charge is 2.14. The molecule has 0 saturated carbocycles. The van der Waals surface area contributed by atoms with Crippen molar-refractivity contribution in [2.75, 3.05) is 5.32 Å². The van der Waals surface area contributed by atoms with Crippen molar-refractivity contribution in [1.82, 2.24) is 20.2 Å². The first-order valence-electron chi connectivity index (χ1n) is 7.10. The zero-order valence-electron chi connectivity index (χ0n) is 12.4. The van der Waals surface area contributed by atoms with Crippen LogP contribution in [-0.2, 0) is 6.54 Å². The average molecular weight is 376 g/mol. The quantitative estimate of drug-likeness (QED) is 0.738. The number of tetrazole rings is 1. The van der Waals surface area contributed by atoms with E-state index in [9.17, 15) is 4.79 Å². The Bertz CT molecular complexity index is 809. The highest BCUT2D eigenvalue weighted by Crippen LogP contribution is 2.24. The van der Waals surface area contributed by atoms with Gasteiger partial charge in [-0.3, -0.25) is 10.1 Å². The Morgan fingerprint density at radius 1 is 1.26 bits per heavy atom. The van der Waals surface area contributed by atoms with E-state index < -0.39 is 5.91 Å². The molecule has 0 aliphatic rings. The Morgan fingerprint density at radius 3 is 2.78 bits per heavy atom. The normalized spacial score (nSPS) is 10.7. The first-order chi connectivity index (χ1) is 11.2. The van der Waals surface area contributed by atoms with Crippen LogP contribution in [0.15, 0.2) is 45.3 Å². The number of anilines is 1. The molecule has 3 aromatic rings. The van der Waals surface area contributed by atoms with Gasteiger partial charge in [-0.15, -0.1) is 5.10 Å². The number of halogens is 1. The van der Waals surface area contributed by atoms with E-state index in [0.29, 0.717) is 12.3 Å². The molecule has 1 amide bonds. The molecule has 3 rings (SSSR count). The lowest BCUT2D eigenvalue weighted by Crippen LogP contribution is -2.12. The van der Waals surface area contributed by atoms with E-state index in [1.165, 1.54) is 4.80 Å². The number of hydrogen-bond donors (Lipinski definition) is 1. The molecule has 8 heteroatoms. The van der Waals surface area contributed by atoms with Gasteiger partial charge in [-0.25, -0.2) is 0 Å². The predicted octanol–water partition coefficient (Wildman–Crippen LogP) is 3.36. The van der Waals surface area contributed by atoms with E-state index in [4.69, 9.17) is 4.42 Å². The molecular weight excluding hydrogens is 362 g/mol. The van der Waals surface area contributed by atoms with E-state index in [2.05, 4.69) is 36.7 Å². The largest absolute Gasteiger partial charge is 0.451 e. The summed E-state index contributed by atoms with van der Waals surface area (Å²) in [6.45, 7) is 2.66. The molecule has 0 bridgehead atoms. The summed E-state index contributed by atoms with van der Waals surface area (Å²) in [6.07, 6.45) is 0.887. The number of hydrogen-bond acceptors (Lipinski definition) is 5. The molecule has 0 aliphatic heterocycles. The Hall–Kier alpha value is -2.48. The number of carbonyl (C=O) groups is 1. The van der Waals surface area contributed by atoms with Crippen molar-refractivity contribution in [3.05, 3.63) is 46.6 Å². The zero-order valence-corrected chi connectivity index (χ0v) is 13.9. The highest BCUT2D eigenvalue weighted by molar-refractivity contribution is 9.10. The SMILES string of the molecule is CCCn1nnc(NC(=O)c2ccc(-c3ccc(Br)cc3)o2)n1. The van der Waals surface area contributed by atoms with Gasteiger partial charge in [0, 0.05) is 10.0 Å². The maximum atomic E-state index is 12.2. The third-order valence-corrected chi connectivity index (χ3v) is 3.59. The van der Waals surface area contributed by atoms with Gasteiger partial charge in [0.15, 0.2) is 5.76 Å². The summed E-state index contributed by atoms with van der Waals surface area (Å²) in [7, 11) is 0. The van der Waals surface area contributed by atoms with Gasteiger partial charge < -0.3 is 4.42 Å². The van der Waals surface area contributed by atoms with Crippen molar-refractivity contribution in [2.45, 2.75) is 19.9 Å². The van der Waals surface area contributed by atoms with E-state index in [1.54, 1.807) is 12.1 Å². The Labute approximate surface area is 140 Å². The van der Waals surface area contributed by atoms with Crippen LogP contribution in [0.25, 0.3) is 11.3 Å². The molecule has 0 saturated heterocycles. The van der Waals surface area contributed by atoms with Crippen molar-refractivity contribution >= 4 is 27.8 Å². The lowest BCUT2D eigenvalue weighted by molar-refractivity contribution is 0.0996. The van der Waals surface area contributed by atoms with Gasteiger partial charge in [-0.1, -0.05) is 40.1 Å². The molecule has 0 atom stereocenters. The number of furan rings is 1. The van der Waals surface area contributed by atoms with E-state index >= 15 is 0 Å². The van der Waals surface area contributed by atoms with Crippen molar-refractivity contribution < 1.29 is 9.21 Å². The average Bonchev–Trinajstić information content (AvgIpc) is 3.18. The topological polar surface area (TPSA) is 85.8 Å². The number of nitrogens with zero attached hydrogens (tertiary/aromatic N) is 4. The van der Waals surface area contributed by atoms with Crippen LogP contribution in [0.2, 0.25) is 0 Å². The third-order valence-electron chi connectivity index (χ3n) is 3.06. The van der Waals surface area contributed by atoms with Crippen molar-refractivity contribution in [2.24, 2.45) is 0 Å². The molecule has 0 unspecified atom stereocenters. The van der Waals surface area contributed by atoms with Crippen LogP contribution in [-0.4, -0.2) is 26.1 Å². The number of carbonyl (C=O) groups excluding carboxylic acids is 1.